The summed E-state index contributed by atoms with van der Waals surface area (Å²) >= 11 is 1.49. The first kappa shape index (κ1) is 20.6. The van der Waals surface area contributed by atoms with Gasteiger partial charge in [0, 0.05) is 28.5 Å². The average Bonchev–Trinajstić information content (AvgIpc) is 3.34. The van der Waals surface area contributed by atoms with Gasteiger partial charge in [-0.2, -0.15) is 0 Å². The molecule has 0 N–H and O–H groups in total. The molecular weight excluding hydrogens is 392 g/mol. The monoisotopic (exact) mass is 414 g/mol. The van der Waals surface area contributed by atoms with Crippen molar-refractivity contribution in [1.82, 2.24) is 9.55 Å². The highest BCUT2D eigenvalue weighted by atomic mass is 32.1. The third-order valence-electron chi connectivity index (χ3n) is 4.38. The summed E-state index contributed by atoms with van der Waals surface area (Å²) in [5, 5.41) is 2.67. The van der Waals surface area contributed by atoms with E-state index in [-0.39, 0.29) is 18.0 Å². The van der Waals surface area contributed by atoms with E-state index in [0.717, 1.165) is 16.5 Å². The molecule has 0 atom stereocenters. The molecule has 0 unspecified atom stereocenters. The lowest BCUT2D eigenvalue weighted by atomic mass is 10.1. The molecule has 0 saturated heterocycles. The van der Waals surface area contributed by atoms with E-state index >= 15 is 0 Å². The quantitative estimate of drug-likeness (QED) is 0.409. The first-order valence-corrected chi connectivity index (χ1v) is 9.94. The number of rotatable bonds is 8. The van der Waals surface area contributed by atoms with Crippen molar-refractivity contribution in [1.29, 1.82) is 0 Å². The Hall–Kier alpha value is -3.13. The van der Waals surface area contributed by atoms with Gasteiger partial charge in [-0.05, 0) is 45.0 Å². The number of Topliss-reactive ketones (excluding diaryl/α,β-unsaturated/α-hetero) is 1. The molecule has 3 aromatic rings. The van der Waals surface area contributed by atoms with Gasteiger partial charge in [0.1, 0.15) is 0 Å². The van der Waals surface area contributed by atoms with Crippen LogP contribution in [0, 0.1) is 13.8 Å². The van der Waals surface area contributed by atoms with E-state index in [1.54, 1.807) is 24.4 Å². The molecule has 0 aliphatic carbocycles. The Bertz CT molecular complexity index is 1020. The van der Waals surface area contributed by atoms with Crippen LogP contribution in [0.1, 0.15) is 39.0 Å². The summed E-state index contributed by atoms with van der Waals surface area (Å²) in [5.41, 5.74) is 2.45. The van der Waals surface area contributed by atoms with Gasteiger partial charge in [0.05, 0.1) is 19.3 Å². The van der Waals surface area contributed by atoms with Crippen LogP contribution in [-0.4, -0.2) is 41.6 Å². The summed E-state index contributed by atoms with van der Waals surface area (Å²) in [7, 11) is 1.49. The third-order valence-corrected chi connectivity index (χ3v) is 5.13. The van der Waals surface area contributed by atoms with Crippen molar-refractivity contribution in [2.45, 2.75) is 20.8 Å². The maximum atomic E-state index is 12.6. The fourth-order valence-electron chi connectivity index (χ4n) is 3.03. The standard InChI is InChI=1S/C21H22N2O5S/c1-5-27-18-7-6-15(11-19(18)26-4)20(25)28-12-17(24)16-10-13(2)23(14(16)3)21-22-8-9-29-21/h6-11H,5,12H2,1-4H3. The number of aryl methyl sites for hydroxylation is 1. The van der Waals surface area contributed by atoms with Gasteiger partial charge in [0.2, 0.25) is 5.78 Å². The van der Waals surface area contributed by atoms with Gasteiger partial charge in [0.15, 0.2) is 23.2 Å². The molecule has 0 saturated carbocycles. The van der Waals surface area contributed by atoms with Crippen LogP contribution < -0.4 is 9.47 Å². The molecule has 2 heterocycles. The molecule has 3 rings (SSSR count). The Morgan fingerprint density at radius 2 is 1.97 bits per heavy atom. The van der Waals surface area contributed by atoms with Crippen molar-refractivity contribution in [3.8, 4) is 16.6 Å². The Balaban J connectivity index is 1.71. The second kappa shape index (κ2) is 8.91. The van der Waals surface area contributed by atoms with Crippen LogP contribution in [0.2, 0.25) is 0 Å². The number of aromatic nitrogens is 2. The number of ether oxygens (including phenoxy) is 3. The highest BCUT2D eigenvalue weighted by Gasteiger charge is 2.20. The van der Waals surface area contributed by atoms with E-state index in [1.165, 1.54) is 24.5 Å². The van der Waals surface area contributed by atoms with Crippen molar-refractivity contribution < 1.29 is 23.8 Å². The second-order valence-corrected chi connectivity index (χ2v) is 7.11. The number of esters is 1. The van der Waals surface area contributed by atoms with Crippen LogP contribution in [0.25, 0.3) is 5.13 Å². The largest absolute Gasteiger partial charge is 0.493 e. The molecule has 0 bridgehead atoms. The zero-order valence-corrected chi connectivity index (χ0v) is 17.5. The highest BCUT2D eigenvalue weighted by molar-refractivity contribution is 7.12. The molecule has 0 aliphatic rings. The van der Waals surface area contributed by atoms with E-state index in [4.69, 9.17) is 14.2 Å². The van der Waals surface area contributed by atoms with Crippen molar-refractivity contribution in [2.75, 3.05) is 20.3 Å². The lowest BCUT2D eigenvalue weighted by molar-refractivity contribution is 0.0474. The Labute approximate surface area is 172 Å². The zero-order valence-electron chi connectivity index (χ0n) is 16.7. The first-order chi connectivity index (χ1) is 14.0. The predicted molar refractivity (Wildman–Crippen MR) is 110 cm³/mol. The van der Waals surface area contributed by atoms with Crippen molar-refractivity contribution >= 4 is 23.1 Å². The Morgan fingerprint density at radius 3 is 2.62 bits per heavy atom. The van der Waals surface area contributed by atoms with Gasteiger partial charge in [-0.25, -0.2) is 9.78 Å². The molecule has 2 aromatic heterocycles. The molecule has 0 spiro atoms. The summed E-state index contributed by atoms with van der Waals surface area (Å²) in [6.45, 7) is 5.74. The van der Waals surface area contributed by atoms with Crippen molar-refractivity contribution in [3.63, 3.8) is 0 Å². The van der Waals surface area contributed by atoms with Gasteiger partial charge < -0.3 is 14.2 Å². The molecule has 0 amide bonds. The van der Waals surface area contributed by atoms with E-state index in [0.29, 0.717) is 23.7 Å². The molecular formula is C21H22N2O5S. The van der Waals surface area contributed by atoms with Crippen molar-refractivity contribution in [3.05, 3.63) is 58.4 Å². The van der Waals surface area contributed by atoms with Crippen LogP contribution in [-0.2, 0) is 4.74 Å². The number of methoxy groups -OCH3 is 1. The number of hydrogen-bond acceptors (Lipinski definition) is 7. The smallest absolute Gasteiger partial charge is 0.338 e. The average molecular weight is 414 g/mol. The van der Waals surface area contributed by atoms with E-state index < -0.39 is 5.97 Å². The number of carbonyl (C=O) groups is 2. The number of hydrogen-bond donors (Lipinski definition) is 0. The van der Waals surface area contributed by atoms with Gasteiger partial charge in [-0.3, -0.25) is 9.36 Å². The zero-order chi connectivity index (χ0) is 21.0. The maximum absolute atomic E-state index is 12.6. The minimum atomic E-state index is -0.603. The fraction of sp³-hybridized carbons (Fsp3) is 0.286. The predicted octanol–water partition coefficient (Wildman–Crippen LogP) is 4.00. The molecule has 0 fully saturated rings. The van der Waals surface area contributed by atoms with E-state index in [9.17, 15) is 9.59 Å². The molecule has 1 aromatic carbocycles. The number of ketones is 1. The number of carbonyl (C=O) groups excluding carboxylic acids is 2. The SMILES string of the molecule is CCOc1ccc(C(=O)OCC(=O)c2cc(C)n(-c3nccs3)c2C)cc1OC. The van der Waals surface area contributed by atoms with Gasteiger partial charge in [0.25, 0.3) is 0 Å². The van der Waals surface area contributed by atoms with E-state index in [1.807, 2.05) is 30.7 Å². The molecule has 0 radical (unpaired) electrons. The number of nitrogens with zero attached hydrogens (tertiary/aromatic N) is 2. The highest BCUT2D eigenvalue weighted by Crippen LogP contribution is 2.28. The van der Waals surface area contributed by atoms with Crippen molar-refractivity contribution in [2.24, 2.45) is 0 Å². The summed E-state index contributed by atoms with van der Waals surface area (Å²) in [6.07, 6.45) is 1.72. The lowest BCUT2D eigenvalue weighted by Gasteiger charge is -2.11. The minimum Gasteiger partial charge on any atom is -0.493 e. The third kappa shape index (κ3) is 4.32. The molecule has 152 valence electrons. The van der Waals surface area contributed by atoms with Gasteiger partial charge in [-0.15, -0.1) is 11.3 Å². The van der Waals surface area contributed by atoms with Crippen LogP contribution >= 0.6 is 11.3 Å². The molecule has 0 aliphatic heterocycles. The molecule has 29 heavy (non-hydrogen) atoms. The van der Waals surface area contributed by atoms with Gasteiger partial charge >= 0.3 is 5.97 Å². The second-order valence-electron chi connectivity index (χ2n) is 6.23. The molecule has 8 heteroatoms. The number of thiazole rings is 1. The van der Waals surface area contributed by atoms with Crippen LogP contribution in [0.15, 0.2) is 35.8 Å². The maximum Gasteiger partial charge on any atom is 0.338 e. The topological polar surface area (TPSA) is 79.7 Å². The van der Waals surface area contributed by atoms with Crippen LogP contribution in [0.3, 0.4) is 0 Å². The lowest BCUT2D eigenvalue weighted by Crippen LogP contribution is -2.15. The normalized spacial score (nSPS) is 10.6. The van der Waals surface area contributed by atoms with Crippen LogP contribution in [0.4, 0.5) is 0 Å². The van der Waals surface area contributed by atoms with Gasteiger partial charge in [-0.1, -0.05) is 0 Å². The van der Waals surface area contributed by atoms with Crippen LogP contribution in [0.5, 0.6) is 11.5 Å². The summed E-state index contributed by atoms with van der Waals surface area (Å²) in [5.74, 6) is 0.0949. The summed E-state index contributed by atoms with van der Waals surface area (Å²) in [4.78, 5) is 29.3. The first-order valence-electron chi connectivity index (χ1n) is 9.06. The molecule has 7 nitrogen and oxygen atoms in total. The van der Waals surface area contributed by atoms with E-state index in [2.05, 4.69) is 4.98 Å². The fourth-order valence-corrected chi connectivity index (χ4v) is 3.78. The minimum absolute atomic E-state index is 0.271. The number of benzene rings is 1. The summed E-state index contributed by atoms with van der Waals surface area (Å²) < 4.78 is 17.8. The Kier molecular flexibility index (Phi) is 6.33. The Morgan fingerprint density at radius 1 is 1.17 bits per heavy atom. The summed E-state index contributed by atoms with van der Waals surface area (Å²) in [6, 6.07) is 6.54.